The Morgan fingerprint density at radius 3 is 2.73 bits per heavy atom. The van der Waals surface area contributed by atoms with Gasteiger partial charge in [0.1, 0.15) is 12.1 Å². The van der Waals surface area contributed by atoms with Crippen molar-refractivity contribution < 1.29 is 0 Å². The maximum atomic E-state index is 4.54. The Labute approximate surface area is 130 Å². The van der Waals surface area contributed by atoms with Gasteiger partial charge in [0.15, 0.2) is 5.65 Å². The molecule has 1 N–H and O–H groups in total. The maximum absolute atomic E-state index is 4.54. The zero-order valence-electron chi connectivity index (χ0n) is 13.0. The maximum Gasteiger partial charge on any atom is 0.160 e. The first-order valence-corrected chi connectivity index (χ1v) is 8.55. The van der Waals surface area contributed by atoms with Gasteiger partial charge in [-0.05, 0) is 38.8 Å². The molecule has 0 aromatic carbocycles. The molecule has 6 nitrogen and oxygen atoms in total. The lowest BCUT2D eigenvalue weighted by Crippen LogP contribution is -2.48. The third kappa shape index (κ3) is 2.67. The first kappa shape index (κ1) is 13.9. The summed E-state index contributed by atoms with van der Waals surface area (Å²) >= 11 is 0. The number of nitrogens with one attached hydrogen (secondary N) is 1. The lowest BCUT2D eigenvalue weighted by Gasteiger charge is -2.39. The highest BCUT2D eigenvalue weighted by atomic mass is 15.3. The van der Waals surface area contributed by atoms with Gasteiger partial charge in [-0.1, -0.05) is 12.8 Å². The van der Waals surface area contributed by atoms with Crippen LogP contribution in [0.25, 0.3) is 11.0 Å². The van der Waals surface area contributed by atoms with E-state index in [2.05, 4.69) is 30.0 Å². The van der Waals surface area contributed by atoms with E-state index in [0.29, 0.717) is 6.04 Å². The summed E-state index contributed by atoms with van der Waals surface area (Å²) in [6.45, 7) is 4.70. The molecule has 118 valence electrons. The fourth-order valence-electron chi connectivity index (χ4n) is 3.91. The fourth-order valence-corrected chi connectivity index (χ4v) is 3.91. The number of H-pyrrole nitrogens is 1. The zero-order valence-corrected chi connectivity index (χ0v) is 13.0. The number of nitrogens with zero attached hydrogens (tertiary/aromatic N) is 5. The van der Waals surface area contributed by atoms with Gasteiger partial charge in [0, 0.05) is 19.1 Å². The molecular weight excluding hydrogens is 276 g/mol. The molecular formula is C16H24N6. The van der Waals surface area contributed by atoms with Crippen molar-refractivity contribution in [2.45, 2.75) is 44.6 Å². The van der Waals surface area contributed by atoms with E-state index in [1.807, 2.05) is 6.20 Å². The van der Waals surface area contributed by atoms with Crippen molar-refractivity contribution in [2.24, 2.45) is 0 Å². The van der Waals surface area contributed by atoms with Crippen molar-refractivity contribution in [3.05, 3.63) is 12.5 Å². The number of hydrogen-bond donors (Lipinski definition) is 1. The highest BCUT2D eigenvalue weighted by Crippen LogP contribution is 2.26. The van der Waals surface area contributed by atoms with E-state index < -0.39 is 0 Å². The molecule has 0 aliphatic carbocycles. The van der Waals surface area contributed by atoms with Crippen LogP contribution in [0.3, 0.4) is 0 Å². The van der Waals surface area contributed by atoms with Gasteiger partial charge in [-0.25, -0.2) is 9.97 Å². The highest BCUT2D eigenvalue weighted by Gasteiger charge is 2.27. The molecule has 2 aliphatic heterocycles. The lowest BCUT2D eigenvalue weighted by molar-refractivity contribution is 0.182. The Balaban J connectivity index is 1.54. The van der Waals surface area contributed by atoms with Crippen LogP contribution in [0.1, 0.15) is 38.5 Å². The molecule has 0 saturated carbocycles. The monoisotopic (exact) mass is 300 g/mol. The molecule has 0 unspecified atom stereocenters. The number of likely N-dealkylation sites (tertiary alicyclic amines) is 1. The van der Waals surface area contributed by atoms with Crippen LogP contribution >= 0.6 is 0 Å². The Hall–Kier alpha value is -1.69. The summed E-state index contributed by atoms with van der Waals surface area (Å²) < 4.78 is 0. The average Bonchev–Trinajstić information content (AvgIpc) is 2.88. The van der Waals surface area contributed by atoms with E-state index in [9.17, 15) is 0 Å². The molecule has 22 heavy (non-hydrogen) atoms. The molecule has 2 aromatic rings. The second-order valence-electron chi connectivity index (χ2n) is 6.52. The van der Waals surface area contributed by atoms with Crippen LogP contribution in [0.15, 0.2) is 12.5 Å². The average molecular weight is 300 g/mol. The Morgan fingerprint density at radius 1 is 1.00 bits per heavy atom. The predicted octanol–water partition coefficient (Wildman–Crippen LogP) is 2.20. The van der Waals surface area contributed by atoms with E-state index >= 15 is 0 Å². The minimum absolute atomic E-state index is 0.670. The second-order valence-corrected chi connectivity index (χ2v) is 6.52. The van der Waals surface area contributed by atoms with Gasteiger partial charge in [-0.2, -0.15) is 5.10 Å². The smallest absolute Gasteiger partial charge is 0.160 e. The summed E-state index contributed by atoms with van der Waals surface area (Å²) in [6.07, 6.45) is 11.6. The Kier molecular flexibility index (Phi) is 3.93. The van der Waals surface area contributed by atoms with Crippen LogP contribution in [-0.2, 0) is 0 Å². The SMILES string of the molecule is c1nc(N2CCC[C@H](N3CCCCCC3)C2)c2cn[nH]c2n1. The number of rotatable bonds is 2. The molecule has 2 saturated heterocycles. The third-order valence-corrected chi connectivity index (χ3v) is 5.08. The summed E-state index contributed by atoms with van der Waals surface area (Å²) in [5.41, 5.74) is 0.835. The summed E-state index contributed by atoms with van der Waals surface area (Å²) in [7, 11) is 0. The lowest BCUT2D eigenvalue weighted by atomic mass is 10.0. The summed E-state index contributed by atoms with van der Waals surface area (Å²) in [4.78, 5) is 13.9. The van der Waals surface area contributed by atoms with Crippen LogP contribution in [0.4, 0.5) is 5.82 Å². The zero-order chi connectivity index (χ0) is 14.8. The number of aromatic nitrogens is 4. The topological polar surface area (TPSA) is 60.9 Å². The molecule has 0 spiro atoms. The minimum Gasteiger partial charge on any atom is -0.354 e. The number of anilines is 1. The standard InChI is InChI=1S/C16H24N6/c1-2-4-8-21(7-3-1)13-6-5-9-22(11-13)16-14-10-19-20-15(14)17-12-18-16/h10,12-13H,1-9,11H2,(H,17,18,19,20)/t13-/m0/s1. The van der Waals surface area contributed by atoms with E-state index in [4.69, 9.17) is 0 Å². The minimum atomic E-state index is 0.670. The van der Waals surface area contributed by atoms with Crippen LogP contribution < -0.4 is 4.90 Å². The van der Waals surface area contributed by atoms with Gasteiger partial charge >= 0.3 is 0 Å². The van der Waals surface area contributed by atoms with Gasteiger partial charge in [-0.3, -0.25) is 10.00 Å². The Bertz CT molecular complexity index is 616. The van der Waals surface area contributed by atoms with E-state index in [0.717, 1.165) is 29.9 Å². The van der Waals surface area contributed by atoms with Gasteiger partial charge in [0.25, 0.3) is 0 Å². The number of piperidine rings is 1. The van der Waals surface area contributed by atoms with Crippen molar-refractivity contribution in [2.75, 3.05) is 31.1 Å². The normalized spacial score (nSPS) is 24.5. The first-order valence-electron chi connectivity index (χ1n) is 8.55. The Morgan fingerprint density at radius 2 is 1.86 bits per heavy atom. The van der Waals surface area contributed by atoms with E-state index in [-0.39, 0.29) is 0 Å². The summed E-state index contributed by atoms with van der Waals surface area (Å²) in [5.74, 6) is 1.04. The van der Waals surface area contributed by atoms with Crippen LogP contribution in [-0.4, -0.2) is 57.3 Å². The third-order valence-electron chi connectivity index (χ3n) is 5.08. The van der Waals surface area contributed by atoms with Gasteiger partial charge in [0.05, 0.1) is 11.6 Å². The quantitative estimate of drug-likeness (QED) is 0.921. The molecule has 6 heteroatoms. The molecule has 4 rings (SSSR count). The van der Waals surface area contributed by atoms with Crippen LogP contribution in [0.5, 0.6) is 0 Å². The molecule has 0 amide bonds. The van der Waals surface area contributed by atoms with Crippen molar-refractivity contribution in [1.82, 2.24) is 25.1 Å². The number of fused-ring (bicyclic) bond motifs is 1. The highest BCUT2D eigenvalue weighted by molar-refractivity contribution is 5.86. The van der Waals surface area contributed by atoms with Crippen molar-refractivity contribution in [3.8, 4) is 0 Å². The molecule has 0 radical (unpaired) electrons. The van der Waals surface area contributed by atoms with Crippen molar-refractivity contribution in [3.63, 3.8) is 0 Å². The molecule has 1 atom stereocenters. The molecule has 2 aliphatic rings. The summed E-state index contributed by atoms with van der Waals surface area (Å²) in [5, 5.41) is 8.10. The van der Waals surface area contributed by atoms with Crippen LogP contribution in [0, 0.1) is 0 Å². The number of aromatic amines is 1. The van der Waals surface area contributed by atoms with Crippen LogP contribution in [0.2, 0.25) is 0 Å². The van der Waals surface area contributed by atoms with Crippen molar-refractivity contribution >= 4 is 16.9 Å². The van der Waals surface area contributed by atoms with E-state index in [1.165, 1.54) is 51.6 Å². The van der Waals surface area contributed by atoms with Gasteiger partial charge in [0.2, 0.25) is 0 Å². The van der Waals surface area contributed by atoms with E-state index in [1.54, 1.807) is 6.33 Å². The van der Waals surface area contributed by atoms with Gasteiger partial charge in [-0.15, -0.1) is 0 Å². The molecule has 2 fully saturated rings. The summed E-state index contributed by atoms with van der Waals surface area (Å²) in [6, 6.07) is 0.670. The first-order chi connectivity index (χ1) is 10.9. The van der Waals surface area contributed by atoms with Crippen molar-refractivity contribution in [1.29, 1.82) is 0 Å². The molecule has 0 bridgehead atoms. The largest absolute Gasteiger partial charge is 0.354 e. The second kappa shape index (κ2) is 6.20. The predicted molar refractivity (Wildman–Crippen MR) is 87.0 cm³/mol. The molecule has 2 aromatic heterocycles. The fraction of sp³-hybridized carbons (Fsp3) is 0.688. The molecule has 4 heterocycles. The number of hydrogen-bond acceptors (Lipinski definition) is 5. The van der Waals surface area contributed by atoms with Gasteiger partial charge < -0.3 is 4.90 Å².